The predicted octanol–water partition coefficient (Wildman–Crippen LogP) is 3.77. The number of carbonyl (C=O) groups is 1. The lowest BCUT2D eigenvalue weighted by Gasteiger charge is -2.47. The maximum Gasteiger partial charge on any atom is 0.318 e. The molecule has 0 unspecified atom stereocenters. The Morgan fingerprint density at radius 2 is 1.93 bits per heavy atom. The van der Waals surface area contributed by atoms with Crippen LogP contribution in [0.4, 0.5) is 9.18 Å². The molecule has 2 N–H and O–H groups in total. The van der Waals surface area contributed by atoms with Crippen molar-refractivity contribution in [3.8, 4) is 0 Å². The molecule has 1 saturated heterocycles. The van der Waals surface area contributed by atoms with Gasteiger partial charge in [0.05, 0.1) is 6.04 Å². The molecule has 0 radical (unpaired) electrons. The van der Waals surface area contributed by atoms with E-state index in [2.05, 4.69) is 22.8 Å². The van der Waals surface area contributed by atoms with Gasteiger partial charge in [-0.25, -0.2) is 9.18 Å². The van der Waals surface area contributed by atoms with Gasteiger partial charge in [-0.05, 0) is 67.5 Å². The van der Waals surface area contributed by atoms with Gasteiger partial charge in [-0.15, -0.1) is 0 Å². The van der Waals surface area contributed by atoms with Crippen molar-refractivity contribution in [1.82, 2.24) is 15.5 Å². The van der Waals surface area contributed by atoms with Gasteiger partial charge in [-0.2, -0.15) is 0 Å². The monoisotopic (exact) mass is 379 g/mol. The average Bonchev–Trinajstić information content (AvgIpc) is 3.17. The second kappa shape index (κ2) is 6.89. The van der Waals surface area contributed by atoms with Crippen molar-refractivity contribution < 1.29 is 9.18 Å². The molecule has 2 fully saturated rings. The van der Waals surface area contributed by atoms with Crippen molar-refractivity contribution in [2.75, 3.05) is 13.1 Å². The summed E-state index contributed by atoms with van der Waals surface area (Å²) in [5.41, 5.74) is 3.62. The minimum atomic E-state index is -0.257. The third kappa shape index (κ3) is 3.08. The van der Waals surface area contributed by atoms with Crippen LogP contribution >= 0.6 is 0 Å². The maximum absolute atomic E-state index is 13.5. The van der Waals surface area contributed by atoms with Gasteiger partial charge in [0, 0.05) is 18.1 Å². The van der Waals surface area contributed by atoms with Gasteiger partial charge in [-0.3, -0.25) is 0 Å². The number of rotatable bonds is 2. The minimum absolute atomic E-state index is 0.0123. The van der Waals surface area contributed by atoms with E-state index >= 15 is 0 Å². The molecule has 5 heteroatoms. The van der Waals surface area contributed by atoms with Crippen LogP contribution in [0.5, 0.6) is 0 Å². The molecule has 1 aliphatic carbocycles. The Hall–Kier alpha value is -2.40. The highest BCUT2D eigenvalue weighted by molar-refractivity contribution is 5.76. The van der Waals surface area contributed by atoms with E-state index in [1.807, 2.05) is 17.0 Å². The zero-order valence-electron chi connectivity index (χ0n) is 16.0. The lowest BCUT2D eigenvalue weighted by molar-refractivity contribution is 0.132. The van der Waals surface area contributed by atoms with E-state index in [0.717, 1.165) is 36.9 Å². The molecule has 2 aromatic carbocycles. The second-order valence-corrected chi connectivity index (χ2v) is 8.46. The number of nitrogens with zero attached hydrogens (tertiary/aromatic N) is 1. The molecule has 5 rings (SSSR count). The molecule has 28 heavy (non-hydrogen) atoms. The predicted molar refractivity (Wildman–Crippen MR) is 107 cm³/mol. The Labute approximate surface area is 165 Å². The van der Waals surface area contributed by atoms with Crippen molar-refractivity contribution in [1.29, 1.82) is 0 Å². The molecule has 0 bridgehead atoms. The van der Waals surface area contributed by atoms with Crippen molar-refractivity contribution in [3.05, 3.63) is 71.0 Å². The summed E-state index contributed by atoms with van der Waals surface area (Å²) in [7, 11) is 0. The largest absolute Gasteiger partial charge is 0.335 e. The first-order chi connectivity index (χ1) is 13.6. The Morgan fingerprint density at radius 3 is 2.68 bits per heavy atom. The second-order valence-electron chi connectivity index (χ2n) is 8.46. The third-order valence-corrected chi connectivity index (χ3v) is 6.66. The van der Waals surface area contributed by atoms with Gasteiger partial charge in [0.15, 0.2) is 0 Å². The van der Waals surface area contributed by atoms with Crippen LogP contribution < -0.4 is 10.6 Å². The fourth-order valence-corrected chi connectivity index (χ4v) is 5.25. The molecule has 1 spiro atoms. The van der Waals surface area contributed by atoms with E-state index in [0.29, 0.717) is 6.54 Å². The Bertz CT molecular complexity index is 868. The summed E-state index contributed by atoms with van der Waals surface area (Å²) < 4.78 is 13.5. The highest BCUT2D eigenvalue weighted by atomic mass is 19.1. The highest BCUT2D eigenvalue weighted by Crippen LogP contribution is 2.40. The SMILES string of the molecule is O=C(N[C@H]1C[C@@]2(CCCN2)C1)N1CCc2ccccc2[C@@H]1c1ccc(F)cc1. The fourth-order valence-electron chi connectivity index (χ4n) is 5.25. The third-order valence-electron chi connectivity index (χ3n) is 6.66. The van der Waals surface area contributed by atoms with E-state index < -0.39 is 0 Å². The minimum Gasteiger partial charge on any atom is -0.335 e. The maximum atomic E-state index is 13.5. The topological polar surface area (TPSA) is 44.4 Å². The first kappa shape index (κ1) is 17.7. The quantitative estimate of drug-likeness (QED) is 0.834. The highest BCUT2D eigenvalue weighted by Gasteiger charge is 2.47. The molecule has 146 valence electrons. The van der Waals surface area contributed by atoms with Crippen LogP contribution in [0, 0.1) is 5.82 Å². The number of hydrogen-bond acceptors (Lipinski definition) is 2. The summed E-state index contributed by atoms with van der Waals surface area (Å²) in [5, 5.41) is 6.86. The number of benzene rings is 2. The molecule has 2 heterocycles. The number of nitrogens with one attached hydrogen (secondary N) is 2. The van der Waals surface area contributed by atoms with Crippen molar-refractivity contribution in [3.63, 3.8) is 0 Å². The van der Waals surface area contributed by atoms with Gasteiger partial charge in [-0.1, -0.05) is 36.4 Å². The van der Waals surface area contributed by atoms with Crippen molar-refractivity contribution in [2.24, 2.45) is 0 Å². The van der Waals surface area contributed by atoms with Crippen LogP contribution in [0.1, 0.15) is 48.4 Å². The van der Waals surface area contributed by atoms with Gasteiger partial charge in [0.2, 0.25) is 0 Å². The van der Waals surface area contributed by atoms with Crippen LogP contribution in [-0.2, 0) is 6.42 Å². The number of carbonyl (C=O) groups excluding carboxylic acids is 1. The van der Waals surface area contributed by atoms with Crippen molar-refractivity contribution >= 4 is 6.03 Å². The Kier molecular flexibility index (Phi) is 4.35. The molecule has 0 aromatic heterocycles. The average molecular weight is 379 g/mol. The van der Waals surface area contributed by atoms with Crippen LogP contribution in [0.2, 0.25) is 0 Å². The lowest BCUT2D eigenvalue weighted by atomic mass is 9.72. The molecule has 2 amide bonds. The molecule has 1 atom stereocenters. The summed E-state index contributed by atoms with van der Waals surface area (Å²) in [6, 6.07) is 14.9. The molecular formula is C23H26FN3O. The van der Waals surface area contributed by atoms with Crippen LogP contribution in [-0.4, -0.2) is 35.6 Å². The van der Waals surface area contributed by atoms with Gasteiger partial charge in [0.1, 0.15) is 5.82 Å². The standard InChI is InChI=1S/C23H26FN3O/c24-18-8-6-17(7-9-18)21-20-5-2-1-4-16(20)10-13-27(21)22(28)26-19-14-23(15-19)11-3-12-25-23/h1-2,4-9,19,21,25H,3,10-15H2,(H,26,28)/t19-,21-,23-/m0/s1. The fraction of sp³-hybridized carbons (Fsp3) is 0.435. The summed E-state index contributed by atoms with van der Waals surface area (Å²) in [4.78, 5) is 15.1. The zero-order chi connectivity index (χ0) is 19.1. The number of fused-ring (bicyclic) bond motifs is 1. The number of halogens is 1. The van der Waals surface area contributed by atoms with E-state index in [9.17, 15) is 9.18 Å². The van der Waals surface area contributed by atoms with Gasteiger partial charge < -0.3 is 15.5 Å². The molecule has 2 aliphatic heterocycles. The molecule has 3 aliphatic rings. The summed E-state index contributed by atoms with van der Waals surface area (Å²) in [6.07, 6.45) is 5.33. The van der Waals surface area contributed by atoms with Gasteiger partial charge in [0.25, 0.3) is 0 Å². The van der Waals surface area contributed by atoms with E-state index in [-0.39, 0.29) is 29.5 Å². The van der Waals surface area contributed by atoms with E-state index in [4.69, 9.17) is 0 Å². The number of hydrogen-bond donors (Lipinski definition) is 2. The van der Waals surface area contributed by atoms with Gasteiger partial charge >= 0.3 is 6.03 Å². The molecule has 2 aromatic rings. The summed E-state index contributed by atoms with van der Waals surface area (Å²) in [5.74, 6) is -0.257. The summed E-state index contributed by atoms with van der Waals surface area (Å²) >= 11 is 0. The zero-order valence-corrected chi connectivity index (χ0v) is 16.0. The van der Waals surface area contributed by atoms with Crippen LogP contribution in [0.25, 0.3) is 0 Å². The Balaban J connectivity index is 1.38. The number of urea groups is 1. The first-order valence-electron chi connectivity index (χ1n) is 10.3. The number of amides is 2. The Morgan fingerprint density at radius 1 is 1.14 bits per heavy atom. The van der Waals surface area contributed by atoms with E-state index in [1.54, 1.807) is 12.1 Å². The van der Waals surface area contributed by atoms with Crippen LogP contribution in [0.3, 0.4) is 0 Å². The molecule has 4 nitrogen and oxygen atoms in total. The molecular weight excluding hydrogens is 353 g/mol. The normalized spacial score (nSPS) is 28.7. The first-order valence-corrected chi connectivity index (χ1v) is 10.3. The van der Waals surface area contributed by atoms with E-state index in [1.165, 1.54) is 30.5 Å². The molecule has 1 saturated carbocycles. The lowest BCUT2D eigenvalue weighted by Crippen LogP contribution is -2.61. The van der Waals surface area contributed by atoms with Crippen LogP contribution in [0.15, 0.2) is 48.5 Å². The van der Waals surface area contributed by atoms with Crippen molar-refractivity contribution in [2.45, 2.75) is 49.7 Å². The summed E-state index contributed by atoms with van der Waals surface area (Å²) in [6.45, 7) is 1.76. The smallest absolute Gasteiger partial charge is 0.318 e.